The van der Waals surface area contributed by atoms with Gasteiger partial charge >= 0.3 is 0 Å². The molecule has 0 N–H and O–H groups in total. The van der Waals surface area contributed by atoms with Crippen molar-refractivity contribution in [3.8, 4) is 11.5 Å². The molecule has 3 nitrogen and oxygen atoms in total. The first-order chi connectivity index (χ1) is 8.02. The maximum absolute atomic E-state index is 11.5. The average molecular weight is 232 g/mol. The van der Waals surface area contributed by atoms with E-state index in [1.165, 1.54) is 6.92 Å². The molecule has 1 aromatic rings. The Morgan fingerprint density at radius 2 is 2.18 bits per heavy atom. The molecular weight excluding hydrogens is 216 g/mol. The Kier molecular flexibility index (Phi) is 2.92. The fourth-order valence-corrected chi connectivity index (χ4v) is 1.99. The van der Waals surface area contributed by atoms with Gasteiger partial charge in [0.1, 0.15) is 17.6 Å². The van der Waals surface area contributed by atoms with E-state index in [0.717, 1.165) is 23.3 Å². The summed E-state index contributed by atoms with van der Waals surface area (Å²) in [6, 6.07) is 3.65. The van der Waals surface area contributed by atoms with E-state index < -0.39 is 0 Å². The Bertz CT molecular complexity index is 488. The summed E-state index contributed by atoms with van der Waals surface area (Å²) in [5, 5.41) is 0. The van der Waals surface area contributed by atoms with Crippen LogP contribution >= 0.6 is 0 Å². The number of hydrogen-bond donors (Lipinski definition) is 0. The molecule has 1 aliphatic heterocycles. The van der Waals surface area contributed by atoms with Crippen molar-refractivity contribution in [3.63, 3.8) is 0 Å². The van der Waals surface area contributed by atoms with Gasteiger partial charge in [-0.05, 0) is 31.1 Å². The van der Waals surface area contributed by atoms with E-state index in [-0.39, 0.29) is 11.9 Å². The molecule has 0 unspecified atom stereocenters. The lowest BCUT2D eigenvalue weighted by molar-refractivity contribution is 0.101. The molecule has 1 atom stereocenters. The van der Waals surface area contributed by atoms with Crippen LogP contribution < -0.4 is 9.47 Å². The van der Waals surface area contributed by atoms with Gasteiger partial charge in [-0.2, -0.15) is 0 Å². The van der Waals surface area contributed by atoms with E-state index >= 15 is 0 Å². The molecule has 0 aromatic heterocycles. The summed E-state index contributed by atoms with van der Waals surface area (Å²) in [6.45, 7) is 7.38. The summed E-state index contributed by atoms with van der Waals surface area (Å²) in [5.74, 6) is 1.36. The van der Waals surface area contributed by atoms with E-state index in [0.29, 0.717) is 11.3 Å². The van der Waals surface area contributed by atoms with Gasteiger partial charge in [0.15, 0.2) is 5.78 Å². The van der Waals surface area contributed by atoms with Crippen LogP contribution in [0, 0.1) is 0 Å². The molecular formula is C14H16O3. The van der Waals surface area contributed by atoms with Crippen LogP contribution in [0.15, 0.2) is 24.3 Å². The average Bonchev–Trinajstić information content (AvgIpc) is 2.69. The van der Waals surface area contributed by atoms with Crippen molar-refractivity contribution in [2.24, 2.45) is 0 Å². The number of hydrogen-bond acceptors (Lipinski definition) is 3. The zero-order chi connectivity index (χ0) is 12.6. The third-order valence-electron chi connectivity index (χ3n) is 2.99. The Balaban J connectivity index is 2.43. The van der Waals surface area contributed by atoms with Crippen molar-refractivity contribution in [3.05, 3.63) is 35.4 Å². The van der Waals surface area contributed by atoms with E-state index in [1.807, 2.05) is 13.0 Å². The van der Waals surface area contributed by atoms with E-state index in [4.69, 9.17) is 9.47 Å². The number of carbonyl (C=O) groups excluding carboxylic acids is 1. The summed E-state index contributed by atoms with van der Waals surface area (Å²) >= 11 is 0. The standard InChI is InChI=1S/C14H16O3/c1-8(2)12-6-10-5-11(9(3)15)14(16-4)7-13(10)17-12/h5,7,12H,1,6H2,2-4H3/t12-/m0/s1. The fourth-order valence-electron chi connectivity index (χ4n) is 1.99. The molecule has 90 valence electrons. The molecule has 0 spiro atoms. The maximum Gasteiger partial charge on any atom is 0.163 e. The zero-order valence-corrected chi connectivity index (χ0v) is 10.4. The van der Waals surface area contributed by atoms with Crippen LogP contribution in [-0.4, -0.2) is 19.0 Å². The molecule has 0 saturated carbocycles. The third kappa shape index (κ3) is 2.05. The topological polar surface area (TPSA) is 35.5 Å². The Hall–Kier alpha value is -1.77. The van der Waals surface area contributed by atoms with Crippen molar-refractivity contribution in [2.75, 3.05) is 7.11 Å². The molecule has 1 aromatic carbocycles. The normalized spacial score (nSPS) is 17.2. The summed E-state index contributed by atoms with van der Waals surface area (Å²) in [7, 11) is 1.55. The van der Waals surface area contributed by atoms with Crippen LogP contribution in [0.1, 0.15) is 29.8 Å². The lowest BCUT2D eigenvalue weighted by Gasteiger charge is -2.10. The summed E-state index contributed by atoms with van der Waals surface area (Å²) in [5.41, 5.74) is 2.64. The predicted molar refractivity (Wildman–Crippen MR) is 65.9 cm³/mol. The predicted octanol–water partition coefficient (Wildman–Crippen LogP) is 2.78. The number of ketones is 1. The van der Waals surface area contributed by atoms with Crippen LogP contribution in [0.3, 0.4) is 0 Å². The highest BCUT2D eigenvalue weighted by molar-refractivity contribution is 5.97. The van der Waals surface area contributed by atoms with E-state index in [2.05, 4.69) is 6.58 Å². The van der Waals surface area contributed by atoms with Crippen molar-refractivity contribution in [1.82, 2.24) is 0 Å². The molecule has 1 aliphatic rings. The first kappa shape index (κ1) is 11.7. The minimum atomic E-state index is 0.00317. The number of ether oxygens (including phenoxy) is 2. The van der Waals surface area contributed by atoms with Gasteiger partial charge in [-0.15, -0.1) is 0 Å². The van der Waals surface area contributed by atoms with Crippen LogP contribution in [0.5, 0.6) is 11.5 Å². The van der Waals surface area contributed by atoms with Crippen molar-refractivity contribution in [1.29, 1.82) is 0 Å². The first-order valence-electron chi connectivity index (χ1n) is 5.57. The lowest BCUT2D eigenvalue weighted by Crippen LogP contribution is -2.13. The van der Waals surface area contributed by atoms with Crippen LogP contribution in [0.2, 0.25) is 0 Å². The highest BCUT2D eigenvalue weighted by Gasteiger charge is 2.26. The second-order valence-electron chi connectivity index (χ2n) is 4.37. The number of Topliss-reactive ketones (excluding diaryl/α,β-unsaturated/α-hetero) is 1. The van der Waals surface area contributed by atoms with Gasteiger partial charge in [0.2, 0.25) is 0 Å². The fraction of sp³-hybridized carbons (Fsp3) is 0.357. The quantitative estimate of drug-likeness (QED) is 0.593. The molecule has 0 bridgehead atoms. The summed E-state index contributed by atoms with van der Waals surface area (Å²) in [6.07, 6.45) is 0.784. The number of carbonyl (C=O) groups is 1. The van der Waals surface area contributed by atoms with E-state index in [1.54, 1.807) is 13.2 Å². The van der Waals surface area contributed by atoms with E-state index in [9.17, 15) is 4.79 Å². The number of benzene rings is 1. The summed E-state index contributed by atoms with van der Waals surface area (Å²) in [4.78, 5) is 11.5. The monoisotopic (exact) mass is 232 g/mol. The molecule has 0 aliphatic carbocycles. The highest BCUT2D eigenvalue weighted by atomic mass is 16.5. The molecule has 0 fully saturated rings. The smallest absolute Gasteiger partial charge is 0.163 e. The highest BCUT2D eigenvalue weighted by Crippen LogP contribution is 2.36. The molecule has 17 heavy (non-hydrogen) atoms. The Labute approximate surface area is 101 Å². The minimum Gasteiger partial charge on any atom is -0.496 e. The van der Waals surface area contributed by atoms with Crippen molar-refractivity contribution >= 4 is 5.78 Å². The zero-order valence-electron chi connectivity index (χ0n) is 10.4. The Morgan fingerprint density at radius 3 is 2.71 bits per heavy atom. The van der Waals surface area contributed by atoms with Gasteiger partial charge in [-0.25, -0.2) is 0 Å². The van der Waals surface area contributed by atoms with Gasteiger partial charge in [0, 0.05) is 12.5 Å². The second kappa shape index (κ2) is 4.24. The SMILES string of the molecule is C=C(C)[C@@H]1Cc2cc(C(C)=O)c(OC)cc2O1. The molecule has 0 amide bonds. The van der Waals surface area contributed by atoms with Gasteiger partial charge in [0.05, 0.1) is 12.7 Å². The van der Waals surface area contributed by atoms with Crippen LogP contribution in [0.25, 0.3) is 0 Å². The van der Waals surface area contributed by atoms with Crippen molar-refractivity contribution < 1.29 is 14.3 Å². The van der Waals surface area contributed by atoms with Gasteiger partial charge in [0.25, 0.3) is 0 Å². The van der Waals surface area contributed by atoms with Crippen molar-refractivity contribution in [2.45, 2.75) is 26.4 Å². The lowest BCUT2D eigenvalue weighted by atomic mass is 10.0. The van der Waals surface area contributed by atoms with Gasteiger partial charge in [-0.3, -0.25) is 4.79 Å². The molecule has 0 radical (unpaired) electrons. The molecule has 0 saturated heterocycles. The molecule has 1 heterocycles. The number of methoxy groups -OCH3 is 1. The summed E-state index contributed by atoms with van der Waals surface area (Å²) < 4.78 is 11.0. The third-order valence-corrected chi connectivity index (χ3v) is 2.99. The second-order valence-corrected chi connectivity index (χ2v) is 4.37. The van der Waals surface area contributed by atoms with Crippen LogP contribution in [-0.2, 0) is 6.42 Å². The largest absolute Gasteiger partial charge is 0.496 e. The Morgan fingerprint density at radius 1 is 1.47 bits per heavy atom. The van der Waals surface area contributed by atoms with Crippen LogP contribution in [0.4, 0.5) is 0 Å². The number of fused-ring (bicyclic) bond motifs is 1. The maximum atomic E-state index is 11.5. The first-order valence-corrected chi connectivity index (χ1v) is 5.57. The van der Waals surface area contributed by atoms with Gasteiger partial charge < -0.3 is 9.47 Å². The van der Waals surface area contributed by atoms with Gasteiger partial charge in [-0.1, -0.05) is 6.58 Å². The minimum absolute atomic E-state index is 0.00317. The number of rotatable bonds is 3. The molecule has 2 rings (SSSR count). The molecule has 3 heteroatoms.